The number of aryl methyl sites for hydroxylation is 1. The van der Waals surface area contributed by atoms with Gasteiger partial charge in [0.1, 0.15) is 17.3 Å². The zero-order valence-corrected chi connectivity index (χ0v) is 24.9. The molecule has 2 aliphatic rings. The number of anilines is 1. The zero-order chi connectivity index (χ0) is 31.1. The lowest BCUT2D eigenvalue weighted by atomic mass is 10.1. The molecule has 1 aliphatic heterocycles. The van der Waals surface area contributed by atoms with E-state index in [9.17, 15) is 22.0 Å². The lowest BCUT2D eigenvalue weighted by Crippen LogP contribution is -2.50. The molecular weight excluding hydrogens is 592 g/mol. The van der Waals surface area contributed by atoms with Gasteiger partial charge in [-0.1, -0.05) is 42.5 Å². The molecule has 0 saturated heterocycles. The Balaban J connectivity index is 1.36. The SMILES string of the molecule is COc1ccc(CN2[C@H](C3(OCc4ccccc4)CC3)COc3c(cn(C)c3C(=O)Nc3ccc(F)c(F)c3)S2(=O)=O)cc1. The summed E-state index contributed by atoms with van der Waals surface area (Å²) in [5.41, 5.74) is 0.820. The van der Waals surface area contributed by atoms with Gasteiger partial charge in [-0.15, -0.1) is 0 Å². The number of benzene rings is 3. The van der Waals surface area contributed by atoms with Crippen molar-refractivity contribution in [3.8, 4) is 11.5 Å². The molecule has 12 heteroatoms. The Bertz CT molecular complexity index is 1790. The van der Waals surface area contributed by atoms with Crippen molar-refractivity contribution in [1.82, 2.24) is 8.87 Å². The summed E-state index contributed by atoms with van der Waals surface area (Å²) in [4.78, 5) is 13.2. The standard InChI is InChI=1S/C32H31F2N3O6S/c1-36-18-27-30(29(36)31(38)35-23-10-13-25(33)26(34)16-23)42-20-28(32(14-15-32)43-19-22-6-4-3-5-7-22)37(44(27,39)40)17-21-8-11-24(41-2)12-9-21/h3-13,16,18,28H,14-15,17,19-20H2,1-2H3,(H,35,38)/t28-/m0/s1. The first-order valence-corrected chi connectivity index (χ1v) is 15.5. The van der Waals surface area contributed by atoms with Gasteiger partial charge in [0.15, 0.2) is 23.1 Å². The first-order valence-electron chi connectivity index (χ1n) is 14.0. The van der Waals surface area contributed by atoms with E-state index in [1.165, 1.54) is 28.2 Å². The first kappa shape index (κ1) is 29.8. The molecule has 0 bridgehead atoms. The fraction of sp³-hybridized carbons (Fsp3) is 0.281. The highest BCUT2D eigenvalue weighted by atomic mass is 32.2. The Kier molecular flexibility index (Phi) is 7.91. The summed E-state index contributed by atoms with van der Waals surface area (Å²) < 4.78 is 76.9. The smallest absolute Gasteiger partial charge is 0.276 e. The van der Waals surface area contributed by atoms with Crippen LogP contribution in [0.4, 0.5) is 14.5 Å². The van der Waals surface area contributed by atoms with E-state index >= 15 is 0 Å². The van der Waals surface area contributed by atoms with E-state index in [2.05, 4.69) is 5.32 Å². The highest BCUT2D eigenvalue weighted by Gasteiger charge is 2.57. The fourth-order valence-corrected chi connectivity index (χ4v) is 7.33. The molecule has 1 atom stereocenters. The number of sulfonamides is 1. The van der Waals surface area contributed by atoms with E-state index in [1.54, 1.807) is 31.4 Å². The predicted octanol–water partition coefficient (Wildman–Crippen LogP) is 5.27. The van der Waals surface area contributed by atoms with Crippen molar-refractivity contribution in [1.29, 1.82) is 0 Å². The lowest BCUT2D eigenvalue weighted by molar-refractivity contribution is -0.0376. The minimum atomic E-state index is -4.24. The largest absolute Gasteiger partial charge is 0.497 e. The van der Waals surface area contributed by atoms with Crippen LogP contribution < -0.4 is 14.8 Å². The number of amides is 1. The van der Waals surface area contributed by atoms with Gasteiger partial charge in [0.05, 0.1) is 25.4 Å². The third-order valence-electron chi connectivity index (χ3n) is 8.03. The van der Waals surface area contributed by atoms with E-state index in [1.807, 2.05) is 30.3 Å². The van der Waals surface area contributed by atoms with Crippen LogP contribution in [-0.2, 0) is 35.0 Å². The van der Waals surface area contributed by atoms with Gasteiger partial charge in [-0.2, -0.15) is 4.31 Å². The molecule has 1 amide bonds. The van der Waals surface area contributed by atoms with Gasteiger partial charge < -0.3 is 24.1 Å². The van der Waals surface area contributed by atoms with E-state index < -0.39 is 39.2 Å². The normalized spacial score (nSPS) is 18.5. The molecule has 1 fully saturated rings. The number of carbonyl (C=O) groups is 1. The van der Waals surface area contributed by atoms with Crippen molar-refractivity contribution in [2.45, 2.75) is 42.5 Å². The van der Waals surface area contributed by atoms with Crippen molar-refractivity contribution >= 4 is 21.6 Å². The number of carbonyl (C=O) groups excluding carboxylic acids is 1. The van der Waals surface area contributed by atoms with E-state index in [4.69, 9.17) is 14.2 Å². The number of hydrogen-bond donors (Lipinski definition) is 1. The number of halogens is 2. The molecule has 1 aromatic heterocycles. The average molecular weight is 624 g/mol. The van der Waals surface area contributed by atoms with Crippen molar-refractivity contribution < 1.29 is 36.2 Å². The number of hydrogen-bond acceptors (Lipinski definition) is 6. The third-order valence-corrected chi connectivity index (χ3v) is 9.88. The van der Waals surface area contributed by atoms with Gasteiger partial charge in [-0.3, -0.25) is 4.79 Å². The Labute approximate surface area is 254 Å². The van der Waals surface area contributed by atoms with Gasteiger partial charge in [0.2, 0.25) is 10.0 Å². The Hall–Kier alpha value is -4.26. The summed E-state index contributed by atoms with van der Waals surface area (Å²) in [7, 11) is -1.17. The molecule has 1 saturated carbocycles. The molecule has 6 rings (SSSR count). The summed E-state index contributed by atoms with van der Waals surface area (Å²) in [5, 5.41) is 2.51. The zero-order valence-electron chi connectivity index (χ0n) is 24.1. The van der Waals surface area contributed by atoms with Crippen molar-refractivity contribution in [2.24, 2.45) is 7.05 Å². The number of ether oxygens (including phenoxy) is 3. The van der Waals surface area contributed by atoms with Crippen LogP contribution in [0.15, 0.2) is 83.9 Å². The van der Waals surface area contributed by atoms with Crippen molar-refractivity contribution in [3.63, 3.8) is 0 Å². The lowest BCUT2D eigenvalue weighted by Gasteiger charge is -2.34. The monoisotopic (exact) mass is 623 g/mol. The molecule has 9 nitrogen and oxygen atoms in total. The van der Waals surface area contributed by atoms with Crippen LogP contribution in [-0.4, -0.2) is 48.6 Å². The molecule has 0 spiro atoms. The molecule has 4 aromatic rings. The van der Waals surface area contributed by atoms with Crippen LogP contribution in [0.25, 0.3) is 0 Å². The van der Waals surface area contributed by atoms with Crippen LogP contribution in [0.1, 0.15) is 34.5 Å². The number of nitrogens with one attached hydrogen (secondary N) is 1. The minimum Gasteiger partial charge on any atom is -0.497 e. The van der Waals surface area contributed by atoms with E-state index in [-0.39, 0.29) is 35.2 Å². The molecule has 230 valence electrons. The maximum atomic E-state index is 14.5. The van der Waals surface area contributed by atoms with Crippen LogP contribution >= 0.6 is 0 Å². The molecule has 3 aromatic carbocycles. The number of fused-ring (bicyclic) bond motifs is 1. The van der Waals surface area contributed by atoms with Gasteiger partial charge >= 0.3 is 0 Å². The second kappa shape index (κ2) is 11.7. The van der Waals surface area contributed by atoms with Gasteiger partial charge in [0, 0.05) is 31.5 Å². The van der Waals surface area contributed by atoms with E-state index in [0.29, 0.717) is 25.2 Å². The summed E-state index contributed by atoms with van der Waals surface area (Å²) in [5.74, 6) is -2.41. The third kappa shape index (κ3) is 5.68. The Morgan fingerprint density at radius 3 is 2.41 bits per heavy atom. The highest BCUT2D eigenvalue weighted by Crippen LogP contribution is 2.49. The number of rotatable bonds is 9. The molecule has 0 unspecified atom stereocenters. The quantitative estimate of drug-likeness (QED) is 0.273. The molecule has 0 radical (unpaired) electrons. The van der Waals surface area contributed by atoms with Crippen LogP contribution in [0, 0.1) is 11.6 Å². The number of nitrogens with zero attached hydrogens (tertiary/aromatic N) is 2. The molecule has 1 N–H and O–H groups in total. The van der Waals surface area contributed by atoms with Crippen LogP contribution in [0.3, 0.4) is 0 Å². The van der Waals surface area contributed by atoms with Gasteiger partial charge in [-0.05, 0) is 48.2 Å². The molecule has 44 heavy (non-hydrogen) atoms. The second-order valence-electron chi connectivity index (χ2n) is 10.9. The Morgan fingerprint density at radius 2 is 1.75 bits per heavy atom. The maximum Gasteiger partial charge on any atom is 0.276 e. The Morgan fingerprint density at radius 1 is 1.02 bits per heavy atom. The summed E-state index contributed by atoms with van der Waals surface area (Å²) in [6.07, 6.45) is 2.59. The van der Waals surface area contributed by atoms with Crippen molar-refractivity contribution in [3.05, 3.63) is 107 Å². The van der Waals surface area contributed by atoms with E-state index in [0.717, 1.165) is 23.3 Å². The molecular formula is C32H31F2N3O6S. The summed E-state index contributed by atoms with van der Waals surface area (Å²) in [6, 6.07) is 19.0. The van der Waals surface area contributed by atoms with Crippen molar-refractivity contribution in [2.75, 3.05) is 19.0 Å². The highest BCUT2D eigenvalue weighted by molar-refractivity contribution is 7.89. The topological polar surface area (TPSA) is 99.1 Å². The fourth-order valence-electron chi connectivity index (χ4n) is 5.48. The summed E-state index contributed by atoms with van der Waals surface area (Å²) >= 11 is 0. The average Bonchev–Trinajstić information content (AvgIpc) is 3.74. The van der Waals surface area contributed by atoms with Gasteiger partial charge in [-0.25, -0.2) is 17.2 Å². The molecule has 1 aliphatic carbocycles. The summed E-state index contributed by atoms with van der Waals surface area (Å²) in [6.45, 7) is 0.248. The predicted molar refractivity (Wildman–Crippen MR) is 158 cm³/mol. The number of methoxy groups -OCH3 is 1. The number of aromatic nitrogens is 1. The maximum absolute atomic E-state index is 14.5. The second-order valence-corrected chi connectivity index (χ2v) is 12.8. The minimum absolute atomic E-state index is 0.00517. The van der Waals surface area contributed by atoms with Gasteiger partial charge in [0.25, 0.3) is 5.91 Å². The van der Waals surface area contributed by atoms with Crippen LogP contribution in [0.5, 0.6) is 11.5 Å². The first-order chi connectivity index (χ1) is 21.1. The van der Waals surface area contributed by atoms with Crippen LogP contribution in [0.2, 0.25) is 0 Å². The molecule has 2 heterocycles.